The molecule has 7 heteroatoms. The molecule has 1 amide bonds. The predicted molar refractivity (Wildman–Crippen MR) is 132 cm³/mol. The molecule has 3 aromatic rings. The van der Waals surface area contributed by atoms with Gasteiger partial charge in [0.1, 0.15) is 5.82 Å². The number of primary amides is 1. The van der Waals surface area contributed by atoms with Crippen molar-refractivity contribution in [3.63, 3.8) is 0 Å². The highest BCUT2D eigenvalue weighted by Gasteiger charge is 2.29. The van der Waals surface area contributed by atoms with E-state index in [0.717, 1.165) is 61.8 Å². The smallest absolute Gasteiger partial charge is 0.258 e. The summed E-state index contributed by atoms with van der Waals surface area (Å²) in [7, 11) is 0. The summed E-state index contributed by atoms with van der Waals surface area (Å²) in [4.78, 5) is 18.5. The number of anilines is 1. The van der Waals surface area contributed by atoms with Crippen molar-refractivity contribution < 1.29 is 13.9 Å². The summed E-state index contributed by atoms with van der Waals surface area (Å²) < 4.78 is 19.8. The number of benzene rings is 2. The van der Waals surface area contributed by atoms with Gasteiger partial charge in [0.15, 0.2) is 0 Å². The Morgan fingerprint density at radius 2 is 2.12 bits per heavy atom. The van der Waals surface area contributed by atoms with E-state index >= 15 is 0 Å². The Balaban J connectivity index is 1.27. The first-order valence-electron chi connectivity index (χ1n) is 11.7. The molecule has 2 aliphatic heterocycles. The van der Waals surface area contributed by atoms with E-state index in [-0.39, 0.29) is 17.8 Å². The number of carbonyl (C=O) groups is 1. The van der Waals surface area contributed by atoms with Crippen molar-refractivity contribution in [1.82, 2.24) is 4.90 Å². The fraction of sp³-hybridized carbons (Fsp3) is 0.423. The van der Waals surface area contributed by atoms with Gasteiger partial charge in [0.05, 0.1) is 17.6 Å². The van der Waals surface area contributed by atoms with Gasteiger partial charge in [-0.2, -0.15) is 0 Å². The van der Waals surface area contributed by atoms with Crippen LogP contribution in [0.5, 0.6) is 0 Å². The minimum absolute atomic E-state index is 0.0293. The lowest BCUT2D eigenvalue weighted by Crippen LogP contribution is -2.53. The van der Waals surface area contributed by atoms with Gasteiger partial charge in [-0.15, -0.1) is 11.3 Å². The van der Waals surface area contributed by atoms with E-state index in [4.69, 9.17) is 10.5 Å². The number of amides is 1. The van der Waals surface area contributed by atoms with Crippen LogP contribution >= 0.6 is 11.3 Å². The minimum Gasteiger partial charge on any atom is -0.373 e. The maximum atomic E-state index is 13.7. The summed E-state index contributed by atoms with van der Waals surface area (Å²) in [6, 6.07) is 13.6. The first kappa shape index (κ1) is 22.3. The summed E-state index contributed by atoms with van der Waals surface area (Å²) >= 11 is 1.52. The van der Waals surface area contributed by atoms with Crippen molar-refractivity contribution in [3.05, 3.63) is 63.6 Å². The van der Waals surface area contributed by atoms with Gasteiger partial charge in [-0.25, -0.2) is 4.39 Å². The zero-order valence-electron chi connectivity index (χ0n) is 18.9. The van der Waals surface area contributed by atoms with Crippen LogP contribution in [0.1, 0.15) is 46.0 Å². The van der Waals surface area contributed by atoms with Crippen molar-refractivity contribution in [2.24, 2.45) is 5.73 Å². The predicted octanol–water partition coefficient (Wildman–Crippen LogP) is 4.74. The van der Waals surface area contributed by atoms with Gasteiger partial charge in [-0.05, 0) is 54.1 Å². The van der Waals surface area contributed by atoms with Crippen molar-refractivity contribution in [2.45, 2.75) is 38.3 Å². The van der Waals surface area contributed by atoms with Crippen molar-refractivity contribution >= 4 is 33.7 Å². The number of carbonyl (C=O) groups excluding carboxylic acids is 1. The number of nitrogens with two attached hydrogens (primary N) is 1. The summed E-state index contributed by atoms with van der Waals surface area (Å²) in [5.41, 5.74) is 7.83. The highest BCUT2D eigenvalue weighted by atomic mass is 32.1. The number of halogens is 1. The summed E-state index contributed by atoms with van der Waals surface area (Å²) in [5, 5.41) is 2.05. The molecule has 2 atom stereocenters. The second-order valence-corrected chi connectivity index (χ2v) is 10.1. The Labute approximate surface area is 197 Å². The number of fused-ring (bicyclic) bond motifs is 2. The molecule has 5 nitrogen and oxygen atoms in total. The fourth-order valence-corrected chi connectivity index (χ4v) is 6.29. The van der Waals surface area contributed by atoms with Crippen molar-refractivity contribution in [1.29, 1.82) is 0 Å². The number of rotatable bonds is 6. The maximum Gasteiger partial charge on any atom is 0.258 e. The molecule has 1 aromatic heterocycles. The molecule has 0 spiro atoms. The lowest BCUT2D eigenvalue weighted by Gasteiger charge is -2.43. The quantitative estimate of drug-likeness (QED) is 0.569. The molecule has 0 aliphatic carbocycles. The molecule has 174 valence electrons. The van der Waals surface area contributed by atoms with Crippen molar-refractivity contribution in [2.75, 3.05) is 37.7 Å². The molecular formula is C26H30FN3O2S. The Kier molecular flexibility index (Phi) is 6.36. The maximum absolute atomic E-state index is 13.7. The molecule has 2 aliphatic rings. The van der Waals surface area contributed by atoms with Crippen LogP contribution in [-0.2, 0) is 11.2 Å². The third kappa shape index (κ3) is 4.50. The standard InChI is InChI=1S/C26H30FN3O2S/c1-2-19-16-30(22-5-3-4-17-14-18(27)6-7-20(17)22)12-11-29(19)10-8-23-21-15-25(26(28)31)33-24(21)9-13-32-23/h3-7,14-15,19,23H,2,8-13,16H2,1H3,(H2,28,31). The first-order chi connectivity index (χ1) is 16.0. The number of ether oxygens (including phenoxy) is 1. The molecule has 1 fully saturated rings. The molecule has 5 rings (SSSR count). The number of hydrogen-bond donors (Lipinski definition) is 1. The Morgan fingerprint density at radius 1 is 1.24 bits per heavy atom. The molecule has 33 heavy (non-hydrogen) atoms. The number of nitrogens with zero attached hydrogens (tertiary/aromatic N) is 2. The minimum atomic E-state index is -0.355. The molecule has 3 heterocycles. The third-order valence-corrected chi connectivity index (χ3v) is 8.22. The Bertz CT molecular complexity index is 1160. The lowest BCUT2D eigenvalue weighted by molar-refractivity contribution is 0.0255. The van der Waals surface area contributed by atoms with E-state index in [0.29, 0.717) is 17.5 Å². The van der Waals surface area contributed by atoms with Gasteiger partial charge >= 0.3 is 0 Å². The van der Waals surface area contributed by atoms with E-state index < -0.39 is 0 Å². The van der Waals surface area contributed by atoms with Crippen LogP contribution in [0.25, 0.3) is 10.8 Å². The third-order valence-electron chi connectivity index (χ3n) is 6.99. The summed E-state index contributed by atoms with van der Waals surface area (Å²) in [6.07, 6.45) is 2.86. The van der Waals surface area contributed by atoms with Crippen molar-refractivity contribution in [3.8, 4) is 0 Å². The van der Waals surface area contributed by atoms with Crippen LogP contribution in [0.2, 0.25) is 0 Å². The topological polar surface area (TPSA) is 58.8 Å². The molecular weight excluding hydrogens is 437 g/mol. The van der Waals surface area contributed by atoms with Gasteiger partial charge < -0.3 is 15.4 Å². The Hall–Kier alpha value is -2.48. The fourth-order valence-electron chi connectivity index (χ4n) is 5.24. The van der Waals surface area contributed by atoms with Crippen LogP contribution in [0, 0.1) is 5.82 Å². The zero-order chi connectivity index (χ0) is 22.9. The Morgan fingerprint density at radius 3 is 2.94 bits per heavy atom. The lowest BCUT2D eigenvalue weighted by atomic mass is 10.0. The molecule has 0 radical (unpaired) electrons. The van der Waals surface area contributed by atoms with E-state index in [9.17, 15) is 9.18 Å². The largest absolute Gasteiger partial charge is 0.373 e. The number of hydrogen-bond acceptors (Lipinski definition) is 5. The van der Waals surface area contributed by atoms with Gasteiger partial charge in [-0.1, -0.05) is 19.1 Å². The van der Waals surface area contributed by atoms with Crippen LogP contribution in [0.3, 0.4) is 0 Å². The van der Waals surface area contributed by atoms with E-state index in [1.807, 2.05) is 24.3 Å². The second-order valence-electron chi connectivity index (χ2n) is 8.94. The molecule has 0 bridgehead atoms. The average molecular weight is 468 g/mol. The molecule has 2 unspecified atom stereocenters. The molecule has 2 N–H and O–H groups in total. The molecule has 0 saturated carbocycles. The molecule has 2 aromatic carbocycles. The summed E-state index contributed by atoms with van der Waals surface area (Å²) in [5.74, 6) is -0.552. The average Bonchev–Trinajstić information content (AvgIpc) is 3.27. The van der Waals surface area contributed by atoms with E-state index in [1.165, 1.54) is 21.9 Å². The first-order valence-corrected chi connectivity index (χ1v) is 12.6. The van der Waals surface area contributed by atoms with Gasteiger partial charge in [-0.3, -0.25) is 9.69 Å². The SMILES string of the molecule is CCC1CN(c2cccc3cc(F)ccc23)CCN1CCC1OCCc2sc(C(N)=O)cc21. The summed E-state index contributed by atoms with van der Waals surface area (Å²) in [6.45, 7) is 6.77. The van der Waals surface area contributed by atoms with E-state index in [1.54, 1.807) is 12.1 Å². The van der Waals surface area contributed by atoms with Crippen LogP contribution < -0.4 is 10.6 Å². The van der Waals surface area contributed by atoms with Gasteiger partial charge in [0, 0.05) is 54.6 Å². The van der Waals surface area contributed by atoms with E-state index in [2.05, 4.69) is 22.8 Å². The van der Waals surface area contributed by atoms with Gasteiger partial charge in [0.25, 0.3) is 5.91 Å². The normalized spacial score (nSPS) is 21.3. The highest BCUT2D eigenvalue weighted by molar-refractivity contribution is 7.14. The second kappa shape index (κ2) is 9.41. The van der Waals surface area contributed by atoms with Crippen LogP contribution in [-0.4, -0.2) is 49.6 Å². The zero-order valence-corrected chi connectivity index (χ0v) is 19.7. The van der Waals surface area contributed by atoms with Crippen LogP contribution in [0.4, 0.5) is 10.1 Å². The number of thiophene rings is 1. The number of piperazine rings is 1. The van der Waals surface area contributed by atoms with Crippen LogP contribution in [0.15, 0.2) is 42.5 Å². The molecule has 1 saturated heterocycles. The monoisotopic (exact) mass is 467 g/mol. The van der Waals surface area contributed by atoms with Gasteiger partial charge in [0.2, 0.25) is 0 Å². The highest BCUT2D eigenvalue weighted by Crippen LogP contribution is 2.36.